The van der Waals surface area contributed by atoms with Gasteiger partial charge in [0.15, 0.2) is 0 Å². The molecule has 19 heavy (non-hydrogen) atoms. The Hall–Kier alpha value is -2.35. The van der Waals surface area contributed by atoms with E-state index in [-0.39, 0.29) is 11.5 Å². The summed E-state index contributed by atoms with van der Waals surface area (Å²) in [6, 6.07) is 7.72. The van der Waals surface area contributed by atoms with Crippen LogP contribution in [0.4, 0.5) is 5.82 Å². The van der Waals surface area contributed by atoms with Gasteiger partial charge in [-0.3, -0.25) is 4.79 Å². The topological polar surface area (TPSA) is 106 Å². The molecule has 8 heteroatoms. The predicted molar refractivity (Wildman–Crippen MR) is 72.0 cm³/mol. The molecule has 1 amide bonds. The first-order valence-electron chi connectivity index (χ1n) is 5.26. The minimum atomic E-state index is -0.573. The molecule has 2 rings (SSSR count). The second-order valence-electron chi connectivity index (χ2n) is 3.47. The van der Waals surface area contributed by atoms with Crippen molar-refractivity contribution in [1.82, 2.24) is 15.7 Å². The summed E-state index contributed by atoms with van der Waals surface area (Å²) in [4.78, 5) is 12.7. The minimum Gasteiger partial charge on any atom is -0.379 e. The number of nitrogens with two attached hydrogens (primary N) is 1. The number of nitrogens with one attached hydrogen (secondary N) is 1. The van der Waals surface area contributed by atoms with Gasteiger partial charge in [0, 0.05) is 4.90 Å². The summed E-state index contributed by atoms with van der Waals surface area (Å²) in [5, 5.41) is 10.5. The van der Waals surface area contributed by atoms with Gasteiger partial charge in [0.25, 0.3) is 5.91 Å². The molecule has 0 atom stereocenters. The first kappa shape index (κ1) is 13.1. The van der Waals surface area contributed by atoms with Crippen molar-refractivity contribution in [3.8, 4) is 0 Å². The number of hydrazone groups is 1. The lowest BCUT2D eigenvalue weighted by molar-refractivity contribution is 0.0946. The highest BCUT2D eigenvalue weighted by molar-refractivity contribution is 7.98. The van der Waals surface area contributed by atoms with E-state index in [9.17, 15) is 4.79 Å². The van der Waals surface area contributed by atoms with Crippen molar-refractivity contribution >= 4 is 29.7 Å². The maximum Gasteiger partial charge on any atom is 0.297 e. The number of rotatable bonds is 4. The molecule has 3 N–H and O–H groups in total. The molecule has 1 aromatic heterocycles. The van der Waals surface area contributed by atoms with Crippen LogP contribution in [0.25, 0.3) is 0 Å². The molecule has 0 aliphatic carbocycles. The number of aromatic nitrogens is 2. The van der Waals surface area contributed by atoms with Crippen LogP contribution in [0.1, 0.15) is 16.1 Å². The van der Waals surface area contributed by atoms with Crippen LogP contribution in [-0.2, 0) is 0 Å². The van der Waals surface area contributed by atoms with Crippen molar-refractivity contribution < 1.29 is 9.42 Å². The summed E-state index contributed by atoms with van der Waals surface area (Å²) in [7, 11) is 0. The van der Waals surface area contributed by atoms with Gasteiger partial charge >= 0.3 is 0 Å². The Kier molecular flexibility index (Phi) is 4.14. The van der Waals surface area contributed by atoms with Crippen molar-refractivity contribution in [3.63, 3.8) is 0 Å². The molecule has 0 aliphatic heterocycles. The molecule has 0 bridgehead atoms. The maximum absolute atomic E-state index is 11.5. The number of thioether (sulfide) groups is 1. The van der Waals surface area contributed by atoms with E-state index in [4.69, 9.17) is 5.73 Å². The first-order chi connectivity index (χ1) is 9.20. The maximum atomic E-state index is 11.5. The second kappa shape index (κ2) is 6.01. The molecule has 0 radical (unpaired) electrons. The van der Waals surface area contributed by atoms with Gasteiger partial charge in [-0.15, -0.1) is 11.8 Å². The summed E-state index contributed by atoms with van der Waals surface area (Å²) >= 11 is 1.65. The number of anilines is 1. The lowest BCUT2D eigenvalue weighted by atomic mass is 10.2. The van der Waals surface area contributed by atoms with Crippen LogP contribution in [-0.4, -0.2) is 28.7 Å². The van der Waals surface area contributed by atoms with Crippen molar-refractivity contribution in [3.05, 3.63) is 35.5 Å². The molecule has 0 fully saturated rings. The number of nitrogen functional groups attached to an aromatic ring is 1. The zero-order chi connectivity index (χ0) is 13.7. The molecule has 0 saturated heterocycles. The summed E-state index contributed by atoms with van der Waals surface area (Å²) in [6.07, 6.45) is 3.52. The van der Waals surface area contributed by atoms with Crippen molar-refractivity contribution in [2.24, 2.45) is 5.10 Å². The van der Waals surface area contributed by atoms with Crippen LogP contribution in [0.2, 0.25) is 0 Å². The van der Waals surface area contributed by atoms with Gasteiger partial charge in [-0.25, -0.2) is 10.1 Å². The van der Waals surface area contributed by atoms with Gasteiger partial charge in [-0.2, -0.15) is 5.10 Å². The Morgan fingerprint density at radius 1 is 1.42 bits per heavy atom. The second-order valence-corrected chi connectivity index (χ2v) is 4.35. The first-order valence-corrected chi connectivity index (χ1v) is 6.48. The zero-order valence-corrected chi connectivity index (χ0v) is 10.8. The minimum absolute atomic E-state index is 0.0722. The predicted octanol–water partition coefficient (Wildman–Crippen LogP) is 1.14. The fourth-order valence-corrected chi connectivity index (χ4v) is 1.67. The molecule has 0 unspecified atom stereocenters. The lowest BCUT2D eigenvalue weighted by Gasteiger charge is -1.97. The van der Waals surface area contributed by atoms with Crippen LogP contribution < -0.4 is 11.2 Å². The van der Waals surface area contributed by atoms with E-state index < -0.39 is 5.91 Å². The molecule has 7 nitrogen and oxygen atoms in total. The van der Waals surface area contributed by atoms with E-state index in [1.54, 1.807) is 11.8 Å². The molecular weight excluding hydrogens is 266 g/mol. The van der Waals surface area contributed by atoms with E-state index >= 15 is 0 Å². The standard InChI is InChI=1S/C11H11N5O2S/c1-19-8-4-2-7(3-5-8)6-13-14-11(17)9-10(12)16-18-15-9/h2-6H,1H3,(H2,12,16)(H,14,17). The molecule has 0 saturated carbocycles. The summed E-state index contributed by atoms with van der Waals surface area (Å²) in [5.41, 5.74) is 8.44. The number of amides is 1. The Morgan fingerprint density at radius 2 is 2.16 bits per heavy atom. The Morgan fingerprint density at radius 3 is 2.74 bits per heavy atom. The quantitative estimate of drug-likeness (QED) is 0.493. The number of nitrogens with zero attached hydrogens (tertiary/aromatic N) is 3. The van der Waals surface area contributed by atoms with Crippen LogP contribution in [0.5, 0.6) is 0 Å². The van der Waals surface area contributed by atoms with E-state index in [0.717, 1.165) is 10.5 Å². The van der Waals surface area contributed by atoms with Gasteiger partial charge in [-0.05, 0) is 34.3 Å². The molecule has 1 aromatic carbocycles. The van der Waals surface area contributed by atoms with Crippen LogP contribution in [0.15, 0.2) is 38.9 Å². The molecule has 98 valence electrons. The average Bonchev–Trinajstić information content (AvgIpc) is 2.86. The van der Waals surface area contributed by atoms with Crippen molar-refractivity contribution in [1.29, 1.82) is 0 Å². The number of benzene rings is 1. The normalized spacial score (nSPS) is 10.8. The van der Waals surface area contributed by atoms with E-state index in [0.29, 0.717) is 0 Å². The summed E-state index contributed by atoms with van der Waals surface area (Å²) in [5.74, 6) is -0.646. The van der Waals surface area contributed by atoms with Gasteiger partial charge in [-0.1, -0.05) is 12.1 Å². The average molecular weight is 277 g/mol. The van der Waals surface area contributed by atoms with Gasteiger partial charge in [0.05, 0.1) is 6.21 Å². The van der Waals surface area contributed by atoms with Crippen molar-refractivity contribution in [2.45, 2.75) is 4.90 Å². The highest BCUT2D eigenvalue weighted by Gasteiger charge is 2.14. The number of carbonyl (C=O) groups is 1. The molecule has 0 spiro atoms. The fraction of sp³-hybridized carbons (Fsp3) is 0.0909. The Balaban J connectivity index is 1.96. The smallest absolute Gasteiger partial charge is 0.297 e. The zero-order valence-electron chi connectivity index (χ0n) is 10.0. The van der Waals surface area contributed by atoms with Gasteiger partial charge < -0.3 is 5.73 Å². The third kappa shape index (κ3) is 3.32. The Labute approximate surface area is 113 Å². The molecule has 1 heterocycles. The van der Waals surface area contributed by atoms with E-state index in [2.05, 4.69) is 25.5 Å². The summed E-state index contributed by atoms with van der Waals surface area (Å²) in [6.45, 7) is 0. The van der Waals surface area contributed by atoms with E-state index in [1.165, 1.54) is 6.21 Å². The fourth-order valence-electron chi connectivity index (χ4n) is 1.26. The SMILES string of the molecule is CSc1ccc(C=NNC(=O)c2nonc2N)cc1. The van der Waals surface area contributed by atoms with Gasteiger partial charge in [0.2, 0.25) is 11.5 Å². The number of hydrogen-bond donors (Lipinski definition) is 2. The molecule has 0 aliphatic rings. The molecular formula is C11H11N5O2S. The summed E-state index contributed by atoms with van der Waals surface area (Å²) < 4.78 is 4.32. The Bertz CT molecular complexity index is 593. The molecule has 2 aromatic rings. The van der Waals surface area contributed by atoms with Gasteiger partial charge in [0.1, 0.15) is 0 Å². The number of carbonyl (C=O) groups excluding carboxylic acids is 1. The van der Waals surface area contributed by atoms with E-state index in [1.807, 2.05) is 30.5 Å². The lowest BCUT2D eigenvalue weighted by Crippen LogP contribution is -2.19. The highest BCUT2D eigenvalue weighted by atomic mass is 32.2. The third-order valence-corrected chi connectivity index (χ3v) is 2.97. The number of hydrogen-bond acceptors (Lipinski definition) is 7. The van der Waals surface area contributed by atoms with Crippen LogP contribution in [0.3, 0.4) is 0 Å². The largest absolute Gasteiger partial charge is 0.379 e. The van der Waals surface area contributed by atoms with Crippen molar-refractivity contribution in [2.75, 3.05) is 12.0 Å². The van der Waals surface area contributed by atoms with Crippen LogP contribution >= 0.6 is 11.8 Å². The highest BCUT2D eigenvalue weighted by Crippen LogP contribution is 2.13. The van der Waals surface area contributed by atoms with Crippen LogP contribution in [0, 0.1) is 0 Å². The monoisotopic (exact) mass is 277 g/mol. The third-order valence-electron chi connectivity index (χ3n) is 2.22.